The number of imide groups is 2. The number of hydrogen-bond acceptors (Lipinski definition) is 6. The van der Waals surface area contributed by atoms with E-state index >= 15 is 0 Å². The van der Waals surface area contributed by atoms with Gasteiger partial charge < -0.3 is 4.90 Å². The average Bonchev–Trinajstić information content (AvgIpc) is 2.88. The molecule has 2 atom stereocenters. The van der Waals surface area contributed by atoms with E-state index in [9.17, 15) is 24.5 Å². The molecule has 0 aliphatic carbocycles. The molecular formula is C27H24N4O5. The van der Waals surface area contributed by atoms with Crippen molar-refractivity contribution in [3.8, 4) is 0 Å². The Hall–Kier alpha value is -4.53. The van der Waals surface area contributed by atoms with Crippen LogP contribution in [0.2, 0.25) is 0 Å². The molecule has 0 radical (unpaired) electrons. The molecule has 0 saturated carbocycles. The van der Waals surface area contributed by atoms with Gasteiger partial charge in [-0.25, -0.2) is 4.79 Å². The molecule has 9 heteroatoms. The first kappa shape index (κ1) is 23.2. The van der Waals surface area contributed by atoms with Crippen molar-refractivity contribution >= 4 is 29.2 Å². The lowest BCUT2D eigenvalue weighted by Crippen LogP contribution is -2.69. The summed E-state index contributed by atoms with van der Waals surface area (Å²) in [6.07, 6.45) is 0.353. The summed E-state index contributed by atoms with van der Waals surface area (Å²) in [7, 11) is 1.76. The number of nitrogens with zero attached hydrogens (tertiary/aromatic N) is 3. The van der Waals surface area contributed by atoms with Gasteiger partial charge in [0, 0.05) is 37.8 Å². The summed E-state index contributed by atoms with van der Waals surface area (Å²) in [6.45, 7) is 0.0940. The van der Waals surface area contributed by atoms with Gasteiger partial charge in [-0.3, -0.25) is 29.9 Å². The van der Waals surface area contributed by atoms with Crippen molar-refractivity contribution < 1.29 is 19.3 Å². The molecule has 2 aliphatic rings. The molecule has 1 fully saturated rings. The number of barbiturate groups is 1. The minimum absolute atomic E-state index is 0.0757. The second-order valence-electron chi connectivity index (χ2n) is 9.09. The van der Waals surface area contributed by atoms with Crippen LogP contribution in [-0.2, 0) is 22.4 Å². The van der Waals surface area contributed by atoms with E-state index < -0.39 is 34.2 Å². The largest absolute Gasteiger partial charge is 0.366 e. The first-order valence-corrected chi connectivity index (χ1v) is 11.6. The number of non-ortho nitro benzene ring substituents is 1. The molecule has 36 heavy (non-hydrogen) atoms. The summed E-state index contributed by atoms with van der Waals surface area (Å²) in [4.78, 5) is 54.5. The third-order valence-corrected chi connectivity index (χ3v) is 7.06. The zero-order chi connectivity index (χ0) is 25.4. The van der Waals surface area contributed by atoms with Crippen LogP contribution in [0.1, 0.15) is 22.7 Å². The third-order valence-electron chi connectivity index (χ3n) is 7.06. The highest BCUT2D eigenvalue weighted by Gasteiger charge is 2.62. The van der Waals surface area contributed by atoms with E-state index in [1.807, 2.05) is 60.7 Å². The van der Waals surface area contributed by atoms with E-state index in [1.165, 1.54) is 12.1 Å². The molecule has 2 aliphatic heterocycles. The predicted octanol–water partition coefficient (Wildman–Crippen LogP) is 3.64. The molecule has 0 bridgehead atoms. The Kier molecular flexibility index (Phi) is 5.75. The fourth-order valence-electron chi connectivity index (χ4n) is 5.37. The Morgan fingerprint density at radius 2 is 1.67 bits per heavy atom. The fraction of sp³-hybridized carbons (Fsp3) is 0.222. The van der Waals surface area contributed by atoms with E-state index in [2.05, 4.69) is 5.32 Å². The van der Waals surface area contributed by atoms with E-state index in [1.54, 1.807) is 18.0 Å². The van der Waals surface area contributed by atoms with Crippen molar-refractivity contribution in [3.05, 3.63) is 106 Å². The molecule has 1 N–H and O–H groups in total. The Bertz CT molecular complexity index is 1360. The molecule has 3 aromatic rings. The lowest BCUT2D eigenvalue weighted by atomic mass is 9.66. The fourth-order valence-corrected chi connectivity index (χ4v) is 5.37. The van der Waals surface area contributed by atoms with E-state index in [0.717, 1.165) is 16.0 Å². The molecule has 5 rings (SSSR count). The highest BCUT2D eigenvalue weighted by Crippen LogP contribution is 2.51. The lowest BCUT2D eigenvalue weighted by molar-refractivity contribution is -0.384. The number of nitro benzene ring substituents is 1. The Morgan fingerprint density at radius 3 is 2.33 bits per heavy atom. The van der Waals surface area contributed by atoms with Crippen LogP contribution < -0.4 is 10.2 Å². The van der Waals surface area contributed by atoms with Crippen LogP contribution in [0.3, 0.4) is 0 Å². The summed E-state index contributed by atoms with van der Waals surface area (Å²) >= 11 is 0. The van der Waals surface area contributed by atoms with Crippen LogP contribution in [-0.4, -0.2) is 41.3 Å². The second-order valence-corrected chi connectivity index (χ2v) is 9.09. The maximum Gasteiger partial charge on any atom is 0.330 e. The molecule has 9 nitrogen and oxygen atoms in total. The topological polar surface area (TPSA) is 113 Å². The van der Waals surface area contributed by atoms with Gasteiger partial charge >= 0.3 is 6.03 Å². The van der Waals surface area contributed by atoms with Crippen molar-refractivity contribution in [2.75, 3.05) is 18.5 Å². The average molecular weight is 485 g/mol. The molecular weight excluding hydrogens is 460 g/mol. The van der Waals surface area contributed by atoms with Gasteiger partial charge in [0.1, 0.15) is 0 Å². The number of carbonyl (C=O) groups excluding carboxylic acids is 3. The third kappa shape index (κ3) is 3.69. The van der Waals surface area contributed by atoms with E-state index in [4.69, 9.17) is 0 Å². The van der Waals surface area contributed by atoms with Crippen molar-refractivity contribution in [3.63, 3.8) is 0 Å². The quantitative estimate of drug-likeness (QED) is 0.336. The highest BCUT2D eigenvalue weighted by atomic mass is 16.6. The van der Waals surface area contributed by atoms with Crippen LogP contribution in [0.4, 0.5) is 16.2 Å². The predicted molar refractivity (Wildman–Crippen MR) is 132 cm³/mol. The number of anilines is 1. The van der Waals surface area contributed by atoms with Gasteiger partial charge in [-0.15, -0.1) is 0 Å². The van der Waals surface area contributed by atoms with Crippen LogP contribution in [0.15, 0.2) is 78.9 Å². The number of amides is 4. The van der Waals surface area contributed by atoms with Crippen molar-refractivity contribution in [1.82, 2.24) is 10.2 Å². The number of benzene rings is 3. The van der Waals surface area contributed by atoms with Crippen LogP contribution in [0.5, 0.6) is 0 Å². The van der Waals surface area contributed by atoms with Crippen LogP contribution in [0.25, 0.3) is 0 Å². The van der Waals surface area contributed by atoms with Gasteiger partial charge in [0.15, 0.2) is 5.41 Å². The number of rotatable bonds is 5. The number of urea groups is 1. The smallest absolute Gasteiger partial charge is 0.330 e. The number of fused-ring (bicyclic) bond motifs is 1. The Morgan fingerprint density at radius 1 is 1.00 bits per heavy atom. The van der Waals surface area contributed by atoms with E-state index in [0.29, 0.717) is 17.7 Å². The Labute approximate surface area is 207 Å². The zero-order valence-corrected chi connectivity index (χ0v) is 19.6. The normalized spacial score (nSPS) is 21.4. The SMILES string of the molecule is CN1c2ccc([N+](=O)[O-])cc2CC2(C(=O)NC(=O)N(CCc3ccccc3)C2=O)C1c1ccccc1. The maximum atomic E-state index is 14.2. The molecule has 0 aromatic heterocycles. The van der Waals surface area contributed by atoms with Gasteiger partial charge in [-0.1, -0.05) is 60.7 Å². The minimum Gasteiger partial charge on any atom is -0.366 e. The van der Waals surface area contributed by atoms with Gasteiger partial charge in [0.25, 0.3) is 5.69 Å². The second kappa shape index (κ2) is 8.92. The summed E-state index contributed by atoms with van der Waals surface area (Å²) in [5.41, 5.74) is 1.04. The van der Waals surface area contributed by atoms with Crippen LogP contribution in [0, 0.1) is 15.5 Å². The summed E-state index contributed by atoms with van der Waals surface area (Å²) < 4.78 is 0. The monoisotopic (exact) mass is 484 g/mol. The van der Waals surface area contributed by atoms with Gasteiger partial charge in [0.05, 0.1) is 11.0 Å². The van der Waals surface area contributed by atoms with Crippen molar-refractivity contribution in [1.29, 1.82) is 0 Å². The molecule has 2 heterocycles. The standard InChI is InChI=1S/C27H24N4O5/c1-29-22-13-12-21(31(35)36)16-20(22)17-27(23(29)19-10-6-3-7-11-19)24(32)28-26(34)30(25(27)33)15-14-18-8-4-2-5-9-18/h2-13,16,23H,14-15,17H2,1H3,(H,28,32,34). The molecule has 1 saturated heterocycles. The first-order chi connectivity index (χ1) is 17.3. The molecule has 1 spiro atoms. The number of hydrogen-bond donors (Lipinski definition) is 1. The Balaban J connectivity index is 1.62. The molecule has 182 valence electrons. The summed E-state index contributed by atoms with van der Waals surface area (Å²) in [6, 6.07) is 21.6. The minimum atomic E-state index is -1.69. The number of nitro groups is 1. The lowest BCUT2D eigenvalue weighted by Gasteiger charge is -2.51. The molecule has 3 aromatic carbocycles. The summed E-state index contributed by atoms with van der Waals surface area (Å²) in [5.74, 6) is -1.31. The van der Waals surface area contributed by atoms with Gasteiger partial charge in [-0.2, -0.15) is 0 Å². The van der Waals surface area contributed by atoms with Gasteiger partial charge in [-0.05, 0) is 29.2 Å². The van der Waals surface area contributed by atoms with Crippen molar-refractivity contribution in [2.45, 2.75) is 18.9 Å². The zero-order valence-electron chi connectivity index (χ0n) is 19.6. The van der Waals surface area contributed by atoms with Gasteiger partial charge in [0.2, 0.25) is 11.8 Å². The maximum absolute atomic E-state index is 14.2. The molecule has 4 amide bonds. The van der Waals surface area contributed by atoms with Crippen molar-refractivity contribution in [2.24, 2.45) is 5.41 Å². The van der Waals surface area contributed by atoms with E-state index in [-0.39, 0.29) is 18.7 Å². The number of carbonyl (C=O) groups is 3. The summed E-state index contributed by atoms with van der Waals surface area (Å²) in [5, 5.41) is 13.9. The highest BCUT2D eigenvalue weighted by molar-refractivity contribution is 6.20. The number of nitrogens with one attached hydrogen (secondary N) is 1. The molecule has 2 unspecified atom stereocenters. The van der Waals surface area contributed by atoms with Crippen LogP contribution >= 0.6 is 0 Å². The first-order valence-electron chi connectivity index (χ1n) is 11.6.